The predicted octanol–water partition coefficient (Wildman–Crippen LogP) is 2.10. The summed E-state index contributed by atoms with van der Waals surface area (Å²) in [5.74, 6) is 3.57. The van der Waals surface area contributed by atoms with E-state index in [0.717, 1.165) is 68.9 Å². The SMILES string of the molecule is CN=C(NCCCn1nc2n(c1=O)CCCC2)N(C)CC1CCC(C)CC1. The zero-order valence-electron chi connectivity index (χ0n) is 17.3. The topological polar surface area (TPSA) is 67.5 Å². The molecular weight excluding hydrogens is 340 g/mol. The van der Waals surface area contributed by atoms with Crippen LogP contribution in [0.3, 0.4) is 0 Å². The maximum absolute atomic E-state index is 12.4. The van der Waals surface area contributed by atoms with Crippen molar-refractivity contribution in [1.82, 2.24) is 24.6 Å². The number of aryl methyl sites for hydroxylation is 2. The maximum Gasteiger partial charge on any atom is 0.345 e. The minimum Gasteiger partial charge on any atom is -0.356 e. The largest absolute Gasteiger partial charge is 0.356 e. The molecule has 152 valence electrons. The van der Waals surface area contributed by atoms with Crippen LogP contribution in [-0.4, -0.2) is 52.4 Å². The van der Waals surface area contributed by atoms with Gasteiger partial charge in [0.2, 0.25) is 0 Å². The Morgan fingerprint density at radius 2 is 2.07 bits per heavy atom. The van der Waals surface area contributed by atoms with Gasteiger partial charge in [-0.05, 0) is 43.9 Å². The molecule has 0 radical (unpaired) electrons. The van der Waals surface area contributed by atoms with Crippen LogP contribution in [0.25, 0.3) is 0 Å². The van der Waals surface area contributed by atoms with E-state index in [1.807, 2.05) is 11.6 Å². The summed E-state index contributed by atoms with van der Waals surface area (Å²) in [5, 5.41) is 7.95. The van der Waals surface area contributed by atoms with Crippen molar-refractivity contribution < 1.29 is 0 Å². The molecule has 27 heavy (non-hydrogen) atoms. The molecule has 1 aliphatic carbocycles. The Kier molecular flexibility index (Phi) is 6.96. The molecule has 7 nitrogen and oxygen atoms in total. The number of guanidine groups is 1. The van der Waals surface area contributed by atoms with Crippen LogP contribution in [-0.2, 0) is 19.5 Å². The second-order valence-electron chi connectivity index (χ2n) is 8.36. The van der Waals surface area contributed by atoms with Gasteiger partial charge in [-0.15, -0.1) is 0 Å². The van der Waals surface area contributed by atoms with Crippen molar-refractivity contribution in [3.05, 3.63) is 16.3 Å². The van der Waals surface area contributed by atoms with Crippen molar-refractivity contribution >= 4 is 5.96 Å². The summed E-state index contributed by atoms with van der Waals surface area (Å²) < 4.78 is 3.48. The van der Waals surface area contributed by atoms with Gasteiger partial charge in [0, 0.05) is 46.7 Å². The highest BCUT2D eigenvalue weighted by molar-refractivity contribution is 5.79. The lowest BCUT2D eigenvalue weighted by Crippen LogP contribution is -2.42. The number of fused-ring (bicyclic) bond motifs is 1. The lowest BCUT2D eigenvalue weighted by atomic mass is 9.83. The van der Waals surface area contributed by atoms with E-state index in [1.165, 1.54) is 25.7 Å². The Labute approximate surface area is 162 Å². The predicted molar refractivity (Wildman–Crippen MR) is 109 cm³/mol. The van der Waals surface area contributed by atoms with Crippen LogP contribution in [0.5, 0.6) is 0 Å². The van der Waals surface area contributed by atoms with Gasteiger partial charge in [0.25, 0.3) is 0 Å². The van der Waals surface area contributed by atoms with E-state index >= 15 is 0 Å². The summed E-state index contributed by atoms with van der Waals surface area (Å²) in [4.78, 5) is 19.0. The highest BCUT2D eigenvalue weighted by Crippen LogP contribution is 2.28. The molecular formula is C20H36N6O. The van der Waals surface area contributed by atoms with Gasteiger partial charge in [-0.25, -0.2) is 9.48 Å². The second-order valence-corrected chi connectivity index (χ2v) is 8.36. The molecule has 0 aromatic carbocycles. The van der Waals surface area contributed by atoms with E-state index in [2.05, 4.69) is 34.3 Å². The quantitative estimate of drug-likeness (QED) is 0.469. The summed E-state index contributed by atoms with van der Waals surface area (Å²) >= 11 is 0. The van der Waals surface area contributed by atoms with Crippen LogP contribution in [0.1, 0.15) is 57.7 Å². The van der Waals surface area contributed by atoms with Gasteiger partial charge in [-0.3, -0.25) is 9.56 Å². The van der Waals surface area contributed by atoms with Gasteiger partial charge in [-0.2, -0.15) is 5.10 Å². The van der Waals surface area contributed by atoms with Gasteiger partial charge in [0.15, 0.2) is 5.96 Å². The normalized spacial score (nSPS) is 23.1. The van der Waals surface area contributed by atoms with Crippen molar-refractivity contribution in [2.45, 2.75) is 71.4 Å². The summed E-state index contributed by atoms with van der Waals surface area (Å²) in [5.41, 5.74) is 0.0535. The monoisotopic (exact) mass is 376 g/mol. The molecule has 0 amide bonds. The molecule has 1 saturated carbocycles. The molecule has 0 spiro atoms. The first-order chi connectivity index (χ1) is 13.1. The van der Waals surface area contributed by atoms with Crippen molar-refractivity contribution in [3.63, 3.8) is 0 Å². The highest BCUT2D eigenvalue weighted by atomic mass is 16.2. The van der Waals surface area contributed by atoms with Crippen LogP contribution >= 0.6 is 0 Å². The molecule has 0 saturated heterocycles. The van der Waals surface area contributed by atoms with E-state index in [0.29, 0.717) is 6.54 Å². The summed E-state index contributed by atoms with van der Waals surface area (Å²) in [6.07, 6.45) is 9.39. The number of aromatic nitrogens is 3. The molecule has 0 bridgehead atoms. The molecule has 0 unspecified atom stereocenters. The first-order valence-electron chi connectivity index (χ1n) is 10.7. The van der Waals surface area contributed by atoms with Crippen molar-refractivity contribution in [2.75, 3.05) is 27.2 Å². The molecule has 2 aliphatic rings. The van der Waals surface area contributed by atoms with E-state index in [9.17, 15) is 4.79 Å². The minimum absolute atomic E-state index is 0.0535. The summed E-state index contributed by atoms with van der Waals surface area (Å²) in [6.45, 7) is 5.71. The molecule has 1 N–H and O–H groups in total. The van der Waals surface area contributed by atoms with E-state index in [4.69, 9.17) is 0 Å². The molecule has 1 aromatic heterocycles. The first-order valence-corrected chi connectivity index (χ1v) is 10.7. The van der Waals surface area contributed by atoms with Crippen molar-refractivity contribution in [3.8, 4) is 0 Å². The van der Waals surface area contributed by atoms with Crippen LogP contribution < -0.4 is 11.0 Å². The fourth-order valence-corrected chi connectivity index (χ4v) is 4.39. The number of nitrogens with one attached hydrogen (secondary N) is 1. The molecule has 1 fully saturated rings. The van der Waals surface area contributed by atoms with Crippen LogP contribution in [0.4, 0.5) is 0 Å². The van der Waals surface area contributed by atoms with Gasteiger partial charge in [-0.1, -0.05) is 19.8 Å². The molecule has 0 atom stereocenters. The van der Waals surface area contributed by atoms with Gasteiger partial charge in [0.05, 0.1) is 0 Å². The molecule has 1 aliphatic heterocycles. The Hall–Kier alpha value is -1.79. The van der Waals surface area contributed by atoms with Gasteiger partial charge >= 0.3 is 5.69 Å². The number of rotatable bonds is 6. The van der Waals surface area contributed by atoms with E-state index in [1.54, 1.807) is 4.68 Å². The van der Waals surface area contributed by atoms with Crippen LogP contribution in [0.2, 0.25) is 0 Å². The minimum atomic E-state index is 0.0535. The summed E-state index contributed by atoms with van der Waals surface area (Å²) in [6, 6.07) is 0. The Balaban J connectivity index is 1.42. The molecule has 3 rings (SSSR count). The molecule has 7 heteroatoms. The Morgan fingerprint density at radius 3 is 2.78 bits per heavy atom. The van der Waals surface area contributed by atoms with Crippen LogP contribution in [0.15, 0.2) is 9.79 Å². The van der Waals surface area contributed by atoms with Crippen LogP contribution in [0, 0.1) is 11.8 Å². The standard InChI is InChI=1S/C20H36N6O/c1-16-8-10-17(11-9-16)15-24(3)19(21-2)22-12-6-14-26-20(27)25-13-5-4-7-18(25)23-26/h16-17H,4-15H2,1-3H3,(H,21,22). The molecule has 2 heterocycles. The third-order valence-corrected chi connectivity index (χ3v) is 6.10. The fourth-order valence-electron chi connectivity index (χ4n) is 4.39. The Bertz CT molecular complexity index is 683. The van der Waals surface area contributed by atoms with Gasteiger partial charge < -0.3 is 10.2 Å². The first kappa shape index (κ1) is 20.0. The number of hydrogen-bond acceptors (Lipinski definition) is 3. The zero-order valence-corrected chi connectivity index (χ0v) is 17.3. The maximum atomic E-state index is 12.4. The summed E-state index contributed by atoms with van der Waals surface area (Å²) in [7, 11) is 3.97. The average molecular weight is 377 g/mol. The average Bonchev–Trinajstić information content (AvgIpc) is 3.00. The number of nitrogens with zero attached hydrogens (tertiary/aromatic N) is 5. The molecule has 1 aromatic rings. The fraction of sp³-hybridized carbons (Fsp3) is 0.850. The highest BCUT2D eigenvalue weighted by Gasteiger charge is 2.20. The van der Waals surface area contributed by atoms with E-state index < -0.39 is 0 Å². The van der Waals surface area contributed by atoms with Gasteiger partial charge in [0.1, 0.15) is 5.82 Å². The lowest BCUT2D eigenvalue weighted by Gasteiger charge is -2.31. The smallest absolute Gasteiger partial charge is 0.345 e. The number of aliphatic imine (C=N–C) groups is 1. The van der Waals surface area contributed by atoms with E-state index in [-0.39, 0.29) is 5.69 Å². The number of hydrogen-bond donors (Lipinski definition) is 1. The van der Waals surface area contributed by atoms with Crippen molar-refractivity contribution in [2.24, 2.45) is 16.8 Å². The second kappa shape index (κ2) is 9.42. The zero-order chi connectivity index (χ0) is 19.2. The third-order valence-electron chi connectivity index (χ3n) is 6.10. The van der Waals surface area contributed by atoms with Crippen molar-refractivity contribution in [1.29, 1.82) is 0 Å². The third kappa shape index (κ3) is 5.14. The Morgan fingerprint density at radius 1 is 1.30 bits per heavy atom. The lowest BCUT2D eigenvalue weighted by molar-refractivity contribution is 0.250.